The molecule has 0 atom stereocenters. The van der Waals surface area contributed by atoms with Crippen LogP contribution in [0.2, 0.25) is 0 Å². The van der Waals surface area contributed by atoms with Crippen LogP contribution in [-0.2, 0) is 21.3 Å². The van der Waals surface area contributed by atoms with Crippen molar-refractivity contribution in [1.82, 2.24) is 15.0 Å². The lowest BCUT2D eigenvalue weighted by Crippen LogP contribution is -2.28. The Morgan fingerprint density at radius 2 is 2.20 bits per heavy atom. The Balaban J connectivity index is 1.81. The van der Waals surface area contributed by atoms with E-state index in [4.69, 9.17) is 4.74 Å². The first-order valence-electron chi connectivity index (χ1n) is 6.99. The normalized spacial score (nSPS) is 15.9. The van der Waals surface area contributed by atoms with Crippen LogP contribution in [0.4, 0.5) is 0 Å². The van der Waals surface area contributed by atoms with Gasteiger partial charge in [-0.05, 0) is 32.8 Å². The van der Waals surface area contributed by atoms with Gasteiger partial charge in [-0.15, -0.1) is 0 Å². The SMILES string of the molecule is CC(C)OCCNS(=O)(=O)c1c[nH]c(CNC2CC2)c1. The first kappa shape index (κ1) is 15.5. The monoisotopic (exact) mass is 301 g/mol. The summed E-state index contributed by atoms with van der Waals surface area (Å²) in [5.41, 5.74) is 0.885. The van der Waals surface area contributed by atoms with E-state index in [1.165, 1.54) is 19.0 Å². The van der Waals surface area contributed by atoms with Crippen molar-refractivity contribution < 1.29 is 13.2 Å². The summed E-state index contributed by atoms with van der Waals surface area (Å²) in [5, 5.41) is 3.34. The molecule has 0 bridgehead atoms. The maximum atomic E-state index is 12.0. The average molecular weight is 301 g/mol. The van der Waals surface area contributed by atoms with Gasteiger partial charge >= 0.3 is 0 Å². The van der Waals surface area contributed by atoms with Crippen LogP contribution >= 0.6 is 0 Å². The van der Waals surface area contributed by atoms with E-state index in [1.54, 1.807) is 6.07 Å². The molecule has 0 aliphatic heterocycles. The lowest BCUT2D eigenvalue weighted by atomic mass is 10.4. The molecule has 1 fully saturated rings. The summed E-state index contributed by atoms with van der Waals surface area (Å²) >= 11 is 0. The van der Waals surface area contributed by atoms with Crippen LogP contribution in [0.1, 0.15) is 32.4 Å². The summed E-state index contributed by atoms with van der Waals surface area (Å²) in [7, 11) is -3.45. The summed E-state index contributed by atoms with van der Waals surface area (Å²) in [6.45, 7) is 5.16. The van der Waals surface area contributed by atoms with Gasteiger partial charge in [0.25, 0.3) is 0 Å². The quantitative estimate of drug-likeness (QED) is 0.594. The lowest BCUT2D eigenvalue weighted by Gasteiger charge is -2.08. The predicted octanol–water partition coefficient (Wildman–Crippen LogP) is 0.970. The van der Waals surface area contributed by atoms with Gasteiger partial charge in [-0.1, -0.05) is 0 Å². The summed E-state index contributed by atoms with van der Waals surface area (Å²) in [6.07, 6.45) is 4.05. The van der Waals surface area contributed by atoms with Crippen molar-refractivity contribution in [1.29, 1.82) is 0 Å². The van der Waals surface area contributed by atoms with Gasteiger partial charge in [0, 0.05) is 31.0 Å². The highest BCUT2D eigenvalue weighted by Crippen LogP contribution is 2.19. The Bertz CT molecular complexity index is 521. The molecule has 20 heavy (non-hydrogen) atoms. The molecule has 0 spiro atoms. The fourth-order valence-corrected chi connectivity index (χ4v) is 2.80. The molecule has 1 aliphatic rings. The van der Waals surface area contributed by atoms with Gasteiger partial charge in [0.2, 0.25) is 10.0 Å². The molecule has 6 nitrogen and oxygen atoms in total. The standard InChI is InChI=1S/C13H23N3O3S/c1-10(2)19-6-5-16-20(17,18)13-7-12(15-9-13)8-14-11-3-4-11/h7,9-11,14-16H,3-6,8H2,1-2H3. The summed E-state index contributed by atoms with van der Waals surface area (Å²) in [4.78, 5) is 3.26. The minimum Gasteiger partial charge on any atom is -0.377 e. The highest BCUT2D eigenvalue weighted by atomic mass is 32.2. The second kappa shape index (κ2) is 6.71. The van der Waals surface area contributed by atoms with Gasteiger partial charge in [0.15, 0.2) is 0 Å². The van der Waals surface area contributed by atoms with E-state index in [2.05, 4.69) is 15.0 Å². The summed E-state index contributed by atoms with van der Waals surface area (Å²) in [6, 6.07) is 2.27. The van der Waals surface area contributed by atoms with E-state index < -0.39 is 10.0 Å². The van der Waals surface area contributed by atoms with Crippen LogP contribution in [0, 0.1) is 0 Å². The first-order chi connectivity index (χ1) is 9.47. The molecular weight excluding hydrogens is 278 g/mol. The highest BCUT2D eigenvalue weighted by Gasteiger charge is 2.21. The van der Waals surface area contributed by atoms with Gasteiger partial charge in [-0.3, -0.25) is 0 Å². The first-order valence-corrected chi connectivity index (χ1v) is 8.47. The Morgan fingerprint density at radius 1 is 1.45 bits per heavy atom. The van der Waals surface area contributed by atoms with Gasteiger partial charge in [-0.2, -0.15) is 0 Å². The average Bonchev–Trinajstić information content (AvgIpc) is 3.08. The molecule has 2 rings (SSSR count). The number of nitrogens with one attached hydrogen (secondary N) is 3. The summed E-state index contributed by atoms with van der Waals surface area (Å²) < 4.78 is 31.9. The molecule has 0 radical (unpaired) electrons. The van der Waals surface area contributed by atoms with Crippen molar-refractivity contribution in [3.63, 3.8) is 0 Å². The fraction of sp³-hybridized carbons (Fsp3) is 0.692. The van der Waals surface area contributed by atoms with Crippen LogP contribution in [0.3, 0.4) is 0 Å². The summed E-state index contributed by atoms with van der Waals surface area (Å²) in [5.74, 6) is 0. The third kappa shape index (κ3) is 4.90. The van der Waals surface area contributed by atoms with Gasteiger partial charge in [0.05, 0.1) is 17.6 Å². The molecule has 1 aromatic rings. The zero-order chi connectivity index (χ0) is 14.6. The van der Waals surface area contributed by atoms with Crippen molar-refractivity contribution in [2.45, 2.75) is 50.3 Å². The van der Waals surface area contributed by atoms with Crippen LogP contribution in [0.15, 0.2) is 17.2 Å². The van der Waals surface area contributed by atoms with E-state index in [9.17, 15) is 8.42 Å². The Hall–Kier alpha value is -0.890. The number of aromatic nitrogens is 1. The van der Waals surface area contributed by atoms with Crippen molar-refractivity contribution in [3.8, 4) is 0 Å². The number of rotatable bonds is 9. The third-order valence-corrected chi connectivity index (χ3v) is 4.47. The zero-order valence-corrected chi connectivity index (χ0v) is 12.8. The van der Waals surface area contributed by atoms with E-state index in [1.807, 2.05) is 13.8 Å². The van der Waals surface area contributed by atoms with Crippen LogP contribution in [-0.4, -0.2) is 38.7 Å². The number of hydrogen-bond acceptors (Lipinski definition) is 4. The molecule has 0 amide bonds. The zero-order valence-electron chi connectivity index (χ0n) is 12.0. The van der Waals surface area contributed by atoms with Gasteiger partial charge in [0.1, 0.15) is 0 Å². The molecular formula is C13H23N3O3S. The van der Waals surface area contributed by atoms with Crippen LogP contribution < -0.4 is 10.0 Å². The van der Waals surface area contributed by atoms with Crippen molar-refractivity contribution >= 4 is 10.0 Å². The maximum absolute atomic E-state index is 12.0. The number of aromatic amines is 1. The second-order valence-electron chi connectivity index (χ2n) is 5.33. The topological polar surface area (TPSA) is 83.2 Å². The molecule has 1 saturated carbocycles. The maximum Gasteiger partial charge on any atom is 0.242 e. The number of ether oxygens (including phenoxy) is 1. The second-order valence-corrected chi connectivity index (χ2v) is 7.10. The van der Waals surface area contributed by atoms with Gasteiger partial charge in [-0.25, -0.2) is 13.1 Å². The van der Waals surface area contributed by atoms with Crippen molar-refractivity contribution in [2.24, 2.45) is 0 Å². The molecule has 3 N–H and O–H groups in total. The minimum atomic E-state index is -3.45. The lowest BCUT2D eigenvalue weighted by molar-refractivity contribution is 0.0834. The molecule has 1 aliphatic carbocycles. The number of sulfonamides is 1. The Kier molecular flexibility index (Phi) is 5.20. The van der Waals surface area contributed by atoms with E-state index in [-0.39, 0.29) is 17.5 Å². The van der Waals surface area contributed by atoms with Crippen LogP contribution in [0.25, 0.3) is 0 Å². The van der Waals surface area contributed by atoms with Gasteiger partial charge < -0.3 is 15.0 Å². The number of hydrogen-bond donors (Lipinski definition) is 3. The molecule has 0 aromatic carbocycles. The van der Waals surface area contributed by atoms with Crippen molar-refractivity contribution in [3.05, 3.63) is 18.0 Å². The van der Waals surface area contributed by atoms with Crippen molar-refractivity contribution in [2.75, 3.05) is 13.2 Å². The molecule has 0 saturated heterocycles. The molecule has 7 heteroatoms. The molecule has 1 aromatic heterocycles. The molecule has 0 unspecified atom stereocenters. The highest BCUT2D eigenvalue weighted by molar-refractivity contribution is 7.89. The largest absolute Gasteiger partial charge is 0.377 e. The third-order valence-electron chi connectivity index (χ3n) is 3.03. The molecule has 1 heterocycles. The minimum absolute atomic E-state index is 0.104. The van der Waals surface area contributed by atoms with E-state index in [0.29, 0.717) is 19.2 Å². The predicted molar refractivity (Wildman–Crippen MR) is 76.9 cm³/mol. The smallest absolute Gasteiger partial charge is 0.242 e. The van der Waals surface area contributed by atoms with Crippen LogP contribution in [0.5, 0.6) is 0 Å². The molecule has 114 valence electrons. The Labute approximate surface area is 120 Å². The fourth-order valence-electron chi connectivity index (χ4n) is 1.77. The van der Waals surface area contributed by atoms with E-state index >= 15 is 0 Å². The van der Waals surface area contributed by atoms with E-state index in [0.717, 1.165) is 5.69 Å². The Morgan fingerprint density at radius 3 is 2.85 bits per heavy atom. The number of H-pyrrole nitrogens is 1.